The summed E-state index contributed by atoms with van der Waals surface area (Å²) in [7, 11) is 0. The number of carbonyl (C=O) groups excluding carboxylic acids is 1. The molecule has 0 unspecified atom stereocenters. The first-order chi connectivity index (χ1) is 9.69. The van der Waals surface area contributed by atoms with E-state index in [1.165, 1.54) is 0 Å². The number of nitrogens with one attached hydrogen (secondary N) is 1. The molecule has 3 N–H and O–H groups in total. The summed E-state index contributed by atoms with van der Waals surface area (Å²) in [5, 5.41) is 21.2. The molecule has 1 amide bonds. The average molecular weight is 295 g/mol. The van der Waals surface area contributed by atoms with E-state index in [1.54, 1.807) is 39.0 Å². The Hall–Kier alpha value is -2.24. The number of hydrogen-bond donors (Lipinski definition) is 3. The van der Waals surface area contributed by atoms with E-state index in [1.807, 2.05) is 0 Å². The Balaban J connectivity index is 2.71. The molecule has 21 heavy (non-hydrogen) atoms. The second-order valence-corrected chi connectivity index (χ2v) is 5.69. The molecule has 0 aliphatic rings. The van der Waals surface area contributed by atoms with Gasteiger partial charge in [0.2, 0.25) is 0 Å². The van der Waals surface area contributed by atoms with Gasteiger partial charge in [-0.1, -0.05) is 12.1 Å². The standard InChI is InChI=1S/C15H21NO5/c1-15(2,3)21-14(20)16-11-8-4-6-10(13(11)19)7-5-9-12(17)18/h4,6,8,19H,5,7,9H2,1-3H3,(H,16,20)(H,17,18). The zero-order chi connectivity index (χ0) is 16.0. The summed E-state index contributed by atoms with van der Waals surface area (Å²) in [6.07, 6.45) is 0.213. The van der Waals surface area contributed by atoms with Crippen LogP contribution in [0.3, 0.4) is 0 Å². The molecule has 0 saturated carbocycles. The fourth-order valence-corrected chi connectivity index (χ4v) is 1.74. The molecule has 0 bridgehead atoms. The number of para-hydroxylation sites is 1. The van der Waals surface area contributed by atoms with E-state index >= 15 is 0 Å². The molecule has 0 fully saturated rings. The number of aryl methyl sites for hydroxylation is 1. The van der Waals surface area contributed by atoms with Crippen LogP contribution in [-0.4, -0.2) is 27.9 Å². The number of aromatic hydroxyl groups is 1. The number of amides is 1. The van der Waals surface area contributed by atoms with Crippen LogP contribution < -0.4 is 5.32 Å². The van der Waals surface area contributed by atoms with Crippen molar-refractivity contribution in [2.75, 3.05) is 5.32 Å². The van der Waals surface area contributed by atoms with Gasteiger partial charge in [-0.3, -0.25) is 10.1 Å². The quantitative estimate of drug-likeness (QED) is 0.725. The number of aliphatic carboxylic acids is 1. The average Bonchev–Trinajstić information content (AvgIpc) is 2.31. The van der Waals surface area contributed by atoms with E-state index in [2.05, 4.69) is 5.32 Å². The largest absolute Gasteiger partial charge is 0.505 e. The molecule has 6 nitrogen and oxygen atoms in total. The minimum absolute atomic E-state index is 0.0309. The van der Waals surface area contributed by atoms with Gasteiger partial charge in [-0.25, -0.2) is 4.79 Å². The predicted molar refractivity (Wildman–Crippen MR) is 78.5 cm³/mol. The van der Waals surface area contributed by atoms with Crippen molar-refractivity contribution in [3.63, 3.8) is 0 Å². The van der Waals surface area contributed by atoms with Crippen LogP contribution in [0.25, 0.3) is 0 Å². The number of ether oxygens (including phenoxy) is 1. The molecular formula is C15H21NO5. The van der Waals surface area contributed by atoms with E-state index in [-0.39, 0.29) is 17.9 Å². The Morgan fingerprint density at radius 2 is 1.95 bits per heavy atom. The van der Waals surface area contributed by atoms with Crippen LogP contribution in [0.4, 0.5) is 10.5 Å². The van der Waals surface area contributed by atoms with Crippen molar-refractivity contribution < 1.29 is 24.5 Å². The fraction of sp³-hybridized carbons (Fsp3) is 0.467. The predicted octanol–water partition coefficient (Wildman–Crippen LogP) is 3.15. The molecule has 0 aliphatic heterocycles. The molecule has 0 aromatic heterocycles. The Morgan fingerprint density at radius 3 is 2.52 bits per heavy atom. The topological polar surface area (TPSA) is 95.9 Å². The zero-order valence-corrected chi connectivity index (χ0v) is 12.5. The second-order valence-electron chi connectivity index (χ2n) is 5.69. The highest BCUT2D eigenvalue weighted by atomic mass is 16.6. The van der Waals surface area contributed by atoms with E-state index in [4.69, 9.17) is 9.84 Å². The van der Waals surface area contributed by atoms with Crippen LogP contribution in [0.2, 0.25) is 0 Å². The van der Waals surface area contributed by atoms with E-state index < -0.39 is 17.7 Å². The first-order valence-electron chi connectivity index (χ1n) is 6.71. The van der Waals surface area contributed by atoms with Gasteiger partial charge < -0.3 is 14.9 Å². The third-order valence-corrected chi connectivity index (χ3v) is 2.59. The lowest BCUT2D eigenvalue weighted by atomic mass is 10.1. The summed E-state index contributed by atoms with van der Waals surface area (Å²) in [5.41, 5.74) is 0.209. The zero-order valence-electron chi connectivity index (χ0n) is 12.5. The van der Waals surface area contributed by atoms with E-state index in [0.717, 1.165) is 0 Å². The number of anilines is 1. The third kappa shape index (κ3) is 6.16. The van der Waals surface area contributed by atoms with Crippen molar-refractivity contribution in [2.45, 2.75) is 45.6 Å². The Kier molecular flexibility index (Phi) is 5.58. The van der Waals surface area contributed by atoms with E-state index in [9.17, 15) is 14.7 Å². The van der Waals surface area contributed by atoms with Gasteiger partial charge in [-0.15, -0.1) is 0 Å². The minimum atomic E-state index is -0.877. The van der Waals surface area contributed by atoms with Crippen molar-refractivity contribution in [1.29, 1.82) is 0 Å². The minimum Gasteiger partial charge on any atom is -0.505 e. The Labute approximate surface area is 123 Å². The van der Waals surface area contributed by atoms with Crippen LogP contribution in [0, 0.1) is 0 Å². The maximum atomic E-state index is 11.7. The summed E-state index contributed by atoms with van der Waals surface area (Å²) in [6.45, 7) is 5.23. The van der Waals surface area contributed by atoms with Crippen molar-refractivity contribution in [2.24, 2.45) is 0 Å². The Bertz CT molecular complexity index is 519. The smallest absolute Gasteiger partial charge is 0.412 e. The van der Waals surface area contributed by atoms with Crippen molar-refractivity contribution in [1.82, 2.24) is 0 Å². The van der Waals surface area contributed by atoms with Gasteiger partial charge in [0.05, 0.1) is 5.69 Å². The summed E-state index contributed by atoms with van der Waals surface area (Å²) >= 11 is 0. The SMILES string of the molecule is CC(C)(C)OC(=O)Nc1cccc(CCCC(=O)O)c1O. The number of phenols is 1. The van der Waals surface area contributed by atoms with Gasteiger partial charge in [0.15, 0.2) is 0 Å². The van der Waals surface area contributed by atoms with Gasteiger partial charge in [-0.2, -0.15) is 0 Å². The summed E-state index contributed by atoms with van der Waals surface area (Å²) in [5.74, 6) is -0.939. The molecule has 0 aliphatic carbocycles. The maximum Gasteiger partial charge on any atom is 0.412 e. The van der Waals surface area contributed by atoms with Gasteiger partial charge in [0.1, 0.15) is 11.4 Å². The highest BCUT2D eigenvalue weighted by molar-refractivity contribution is 5.87. The lowest BCUT2D eigenvalue weighted by Crippen LogP contribution is -2.27. The molecule has 1 aromatic rings. The number of carboxylic acid groups (broad SMARTS) is 1. The van der Waals surface area contributed by atoms with Crippen LogP contribution in [0.1, 0.15) is 39.2 Å². The molecule has 0 heterocycles. The van der Waals surface area contributed by atoms with Crippen molar-refractivity contribution >= 4 is 17.7 Å². The monoisotopic (exact) mass is 295 g/mol. The number of rotatable bonds is 5. The Morgan fingerprint density at radius 1 is 1.29 bits per heavy atom. The number of benzene rings is 1. The fourth-order valence-electron chi connectivity index (χ4n) is 1.74. The molecule has 0 atom stereocenters. The number of carbonyl (C=O) groups is 2. The molecule has 1 aromatic carbocycles. The lowest BCUT2D eigenvalue weighted by Gasteiger charge is -2.20. The van der Waals surface area contributed by atoms with Crippen LogP contribution in [0.5, 0.6) is 5.75 Å². The van der Waals surface area contributed by atoms with Crippen molar-refractivity contribution in [3.05, 3.63) is 23.8 Å². The first-order valence-corrected chi connectivity index (χ1v) is 6.71. The number of carboxylic acids is 1. The van der Waals surface area contributed by atoms with Crippen LogP contribution in [0.15, 0.2) is 18.2 Å². The molecule has 1 rings (SSSR count). The van der Waals surface area contributed by atoms with Gasteiger partial charge >= 0.3 is 12.1 Å². The second kappa shape index (κ2) is 6.97. The highest BCUT2D eigenvalue weighted by Gasteiger charge is 2.17. The maximum absolute atomic E-state index is 11.7. The number of hydrogen-bond acceptors (Lipinski definition) is 4. The van der Waals surface area contributed by atoms with Crippen molar-refractivity contribution in [3.8, 4) is 5.75 Å². The third-order valence-electron chi connectivity index (χ3n) is 2.59. The van der Waals surface area contributed by atoms with Crippen LogP contribution in [-0.2, 0) is 16.0 Å². The molecule has 0 spiro atoms. The summed E-state index contributed by atoms with van der Waals surface area (Å²) in [6, 6.07) is 4.93. The summed E-state index contributed by atoms with van der Waals surface area (Å²) < 4.78 is 5.11. The highest BCUT2D eigenvalue weighted by Crippen LogP contribution is 2.29. The first kappa shape index (κ1) is 16.8. The number of phenolic OH excluding ortho intramolecular Hbond substituents is 1. The van der Waals surface area contributed by atoms with Crippen LogP contribution >= 0.6 is 0 Å². The molecular weight excluding hydrogens is 274 g/mol. The van der Waals surface area contributed by atoms with Gasteiger partial charge in [0, 0.05) is 6.42 Å². The molecule has 0 radical (unpaired) electrons. The molecule has 116 valence electrons. The van der Waals surface area contributed by atoms with Gasteiger partial charge in [0.25, 0.3) is 0 Å². The summed E-state index contributed by atoms with van der Waals surface area (Å²) in [4.78, 5) is 22.2. The molecule has 0 saturated heterocycles. The molecule has 6 heteroatoms. The van der Waals surface area contributed by atoms with E-state index in [0.29, 0.717) is 18.4 Å². The normalized spacial score (nSPS) is 11.0. The van der Waals surface area contributed by atoms with Gasteiger partial charge in [-0.05, 0) is 45.2 Å². The lowest BCUT2D eigenvalue weighted by molar-refractivity contribution is -0.137.